The van der Waals surface area contributed by atoms with Crippen molar-refractivity contribution in [3.05, 3.63) is 12.4 Å². The minimum Gasteiger partial charge on any atom is -0.216 e. The van der Waals surface area contributed by atoms with Gasteiger partial charge in [-0.3, -0.25) is 0 Å². The average Bonchev–Trinajstić information content (AvgIpc) is 2.46. The lowest BCUT2D eigenvalue weighted by Crippen LogP contribution is -2.25. The Kier molecular flexibility index (Phi) is 5.23. The lowest BCUT2D eigenvalue weighted by Gasteiger charge is -2.36. The fourth-order valence-electron chi connectivity index (χ4n) is 3.86. The van der Waals surface area contributed by atoms with Gasteiger partial charge in [0.05, 0.1) is 12.4 Å². The molecule has 18 heavy (non-hydrogen) atoms. The first-order valence-electron chi connectivity index (χ1n) is 7.48. The van der Waals surface area contributed by atoms with E-state index < -0.39 is 0 Å². The summed E-state index contributed by atoms with van der Waals surface area (Å²) < 4.78 is 12.0. The third-order valence-corrected chi connectivity index (χ3v) is 5.07. The number of hydrogen-bond donors (Lipinski definition) is 0. The topological polar surface area (TPSA) is 23.8 Å². The smallest absolute Gasteiger partial charge is 0.0827 e. The van der Waals surface area contributed by atoms with Crippen LogP contribution in [0.15, 0.2) is 12.4 Å². The van der Waals surface area contributed by atoms with Gasteiger partial charge in [-0.1, -0.05) is 6.08 Å². The monoisotopic (exact) mass is 249 g/mol. The van der Waals surface area contributed by atoms with Crippen LogP contribution < -0.4 is 0 Å². The van der Waals surface area contributed by atoms with Gasteiger partial charge in [0.1, 0.15) is 0 Å². The number of nitriles is 1. The lowest BCUT2D eigenvalue weighted by molar-refractivity contribution is 0.157. The highest BCUT2D eigenvalue weighted by Crippen LogP contribution is 2.41. The van der Waals surface area contributed by atoms with Crippen molar-refractivity contribution in [1.82, 2.24) is 0 Å². The molecule has 0 radical (unpaired) electrons. The van der Waals surface area contributed by atoms with E-state index in [4.69, 9.17) is 5.26 Å². The molecule has 0 saturated heterocycles. The van der Waals surface area contributed by atoms with Gasteiger partial charge >= 0.3 is 0 Å². The maximum Gasteiger partial charge on any atom is 0.0827 e. The van der Waals surface area contributed by atoms with E-state index in [1.807, 2.05) is 0 Å². The van der Waals surface area contributed by atoms with Crippen molar-refractivity contribution in [2.45, 2.75) is 57.8 Å². The first kappa shape index (κ1) is 13.6. The van der Waals surface area contributed by atoms with Gasteiger partial charge < -0.3 is 0 Å². The summed E-state index contributed by atoms with van der Waals surface area (Å²) in [5.74, 6) is 2.79. The summed E-state index contributed by atoms with van der Waals surface area (Å²) >= 11 is 0. The molecule has 0 aromatic rings. The van der Waals surface area contributed by atoms with Crippen molar-refractivity contribution >= 4 is 0 Å². The Labute approximate surface area is 110 Å². The molecule has 2 aliphatic rings. The summed E-state index contributed by atoms with van der Waals surface area (Å²) in [7, 11) is 0. The van der Waals surface area contributed by atoms with Gasteiger partial charge in [-0.25, -0.2) is 4.39 Å². The van der Waals surface area contributed by atoms with E-state index in [0.29, 0.717) is 18.2 Å². The van der Waals surface area contributed by atoms with E-state index in [1.165, 1.54) is 38.5 Å². The molecule has 0 amide bonds. The van der Waals surface area contributed by atoms with Crippen molar-refractivity contribution < 1.29 is 4.39 Å². The standard InChI is InChI=1S/C16H24FN/c17-11-1-2-13-3-7-15(8-4-13)16-9-5-14(12-18)6-10-16/h1,11,13-16H,2-10H2/b11-1+. The number of hydrogen-bond acceptors (Lipinski definition) is 1. The number of allylic oxidation sites excluding steroid dienone is 1. The number of halogens is 1. The van der Waals surface area contributed by atoms with Crippen LogP contribution in [0.5, 0.6) is 0 Å². The van der Waals surface area contributed by atoms with Crippen molar-refractivity contribution in [1.29, 1.82) is 5.26 Å². The molecular weight excluding hydrogens is 225 g/mol. The molecule has 0 atom stereocenters. The zero-order chi connectivity index (χ0) is 12.8. The average molecular weight is 249 g/mol. The zero-order valence-corrected chi connectivity index (χ0v) is 11.2. The molecule has 2 fully saturated rings. The molecule has 2 rings (SSSR count). The highest BCUT2D eigenvalue weighted by Gasteiger charge is 2.30. The van der Waals surface area contributed by atoms with Crippen LogP contribution in [0.25, 0.3) is 0 Å². The minimum absolute atomic E-state index is 0.326. The summed E-state index contributed by atoms with van der Waals surface area (Å²) in [4.78, 5) is 0. The van der Waals surface area contributed by atoms with Crippen molar-refractivity contribution in [3.8, 4) is 6.07 Å². The predicted molar refractivity (Wildman–Crippen MR) is 71.4 cm³/mol. The predicted octanol–water partition coefficient (Wildman–Crippen LogP) is 5.00. The van der Waals surface area contributed by atoms with Gasteiger partial charge in [0, 0.05) is 5.92 Å². The van der Waals surface area contributed by atoms with Gasteiger partial charge in [0.2, 0.25) is 0 Å². The van der Waals surface area contributed by atoms with Crippen LogP contribution in [-0.2, 0) is 0 Å². The first-order chi connectivity index (χ1) is 8.83. The second kappa shape index (κ2) is 6.92. The molecule has 100 valence electrons. The summed E-state index contributed by atoms with van der Waals surface area (Å²) in [5, 5.41) is 8.92. The van der Waals surface area contributed by atoms with Crippen LogP contribution in [0.4, 0.5) is 4.39 Å². The molecule has 0 heterocycles. The Morgan fingerprint density at radius 1 is 0.944 bits per heavy atom. The lowest BCUT2D eigenvalue weighted by atomic mass is 9.69. The summed E-state index contributed by atoms with van der Waals surface area (Å²) in [6, 6.07) is 2.41. The number of rotatable bonds is 3. The van der Waals surface area contributed by atoms with Crippen LogP contribution in [0.2, 0.25) is 0 Å². The molecule has 0 N–H and O–H groups in total. The van der Waals surface area contributed by atoms with Crippen LogP contribution >= 0.6 is 0 Å². The third kappa shape index (κ3) is 3.57. The highest BCUT2D eigenvalue weighted by molar-refractivity contribution is 4.90. The molecule has 0 aliphatic heterocycles. The summed E-state index contributed by atoms with van der Waals surface area (Å²) in [5.41, 5.74) is 0. The van der Waals surface area contributed by atoms with Crippen molar-refractivity contribution in [2.75, 3.05) is 0 Å². The molecule has 2 aliphatic carbocycles. The third-order valence-electron chi connectivity index (χ3n) is 5.07. The van der Waals surface area contributed by atoms with Gasteiger partial charge in [0.15, 0.2) is 0 Å². The van der Waals surface area contributed by atoms with E-state index in [0.717, 1.165) is 31.1 Å². The van der Waals surface area contributed by atoms with Gasteiger partial charge in [-0.15, -0.1) is 0 Å². The number of nitrogens with zero attached hydrogens (tertiary/aromatic N) is 1. The second-order valence-electron chi connectivity index (χ2n) is 6.12. The molecule has 0 bridgehead atoms. The van der Waals surface area contributed by atoms with E-state index in [2.05, 4.69) is 6.07 Å². The van der Waals surface area contributed by atoms with Crippen LogP contribution in [0.1, 0.15) is 57.8 Å². The molecule has 2 heteroatoms. The SMILES string of the molecule is N#CC1CCC(C2CCC(C/C=C/F)CC2)CC1. The quantitative estimate of drug-likeness (QED) is 0.690. The maximum atomic E-state index is 12.0. The summed E-state index contributed by atoms with van der Waals surface area (Å²) in [6.45, 7) is 0. The zero-order valence-electron chi connectivity index (χ0n) is 11.2. The molecule has 1 nitrogen and oxygen atoms in total. The van der Waals surface area contributed by atoms with Crippen LogP contribution in [0.3, 0.4) is 0 Å². The van der Waals surface area contributed by atoms with Crippen molar-refractivity contribution in [2.24, 2.45) is 23.7 Å². The maximum absolute atomic E-state index is 12.0. The van der Waals surface area contributed by atoms with E-state index >= 15 is 0 Å². The first-order valence-corrected chi connectivity index (χ1v) is 7.48. The van der Waals surface area contributed by atoms with E-state index in [1.54, 1.807) is 6.08 Å². The molecular formula is C16H24FN. The summed E-state index contributed by atoms with van der Waals surface area (Å²) in [6.07, 6.45) is 13.2. The Morgan fingerprint density at radius 2 is 1.50 bits per heavy atom. The molecule has 0 aromatic heterocycles. The highest BCUT2D eigenvalue weighted by atomic mass is 19.1. The Bertz CT molecular complexity index is 302. The largest absolute Gasteiger partial charge is 0.216 e. The van der Waals surface area contributed by atoms with Crippen LogP contribution in [-0.4, -0.2) is 0 Å². The van der Waals surface area contributed by atoms with Gasteiger partial charge in [-0.2, -0.15) is 5.26 Å². The fourth-order valence-corrected chi connectivity index (χ4v) is 3.86. The van der Waals surface area contributed by atoms with E-state index in [-0.39, 0.29) is 0 Å². The minimum atomic E-state index is 0.326. The normalized spacial score (nSPS) is 37.6. The second-order valence-corrected chi connectivity index (χ2v) is 6.12. The molecule has 0 unspecified atom stereocenters. The molecule has 2 saturated carbocycles. The van der Waals surface area contributed by atoms with Crippen molar-refractivity contribution in [3.63, 3.8) is 0 Å². The van der Waals surface area contributed by atoms with Crippen LogP contribution in [0, 0.1) is 35.0 Å². The molecule has 0 aromatic carbocycles. The fraction of sp³-hybridized carbons (Fsp3) is 0.812. The van der Waals surface area contributed by atoms with Gasteiger partial charge in [0.25, 0.3) is 0 Å². The Morgan fingerprint density at radius 3 is 2.00 bits per heavy atom. The van der Waals surface area contributed by atoms with E-state index in [9.17, 15) is 4.39 Å². The van der Waals surface area contributed by atoms with Gasteiger partial charge in [-0.05, 0) is 75.5 Å². The Hall–Kier alpha value is -0.840. The Balaban J connectivity index is 1.72. The molecule has 0 spiro atoms.